The number of rotatable bonds is 4. The lowest BCUT2D eigenvalue weighted by Gasteiger charge is -2.28. The number of likely N-dealkylation sites (tertiary alicyclic amines) is 1. The molecule has 3 nitrogen and oxygen atoms in total. The molecule has 1 saturated heterocycles. The first-order valence-corrected chi connectivity index (χ1v) is 10.4. The Morgan fingerprint density at radius 3 is 2.61 bits per heavy atom. The van der Waals surface area contributed by atoms with E-state index in [4.69, 9.17) is 0 Å². The summed E-state index contributed by atoms with van der Waals surface area (Å²) in [5, 5.41) is 0. The molecule has 0 aliphatic carbocycles. The van der Waals surface area contributed by atoms with Crippen LogP contribution >= 0.6 is 0 Å². The topological polar surface area (TPSA) is 23.6 Å². The molecular weight excluding hydrogens is 351 g/mol. The van der Waals surface area contributed by atoms with Crippen LogP contribution in [0.25, 0.3) is 11.1 Å². The normalized spacial score (nSPS) is 19.7. The minimum Gasteiger partial charge on any atom is -0.338 e. The third-order valence-corrected chi connectivity index (χ3v) is 6.42. The Kier molecular flexibility index (Phi) is 5.49. The van der Waals surface area contributed by atoms with Crippen LogP contribution in [-0.4, -0.2) is 41.4 Å². The van der Waals surface area contributed by atoms with E-state index < -0.39 is 0 Å². The third kappa shape index (κ3) is 3.83. The lowest BCUT2D eigenvalue weighted by atomic mass is 9.93. The first kappa shape index (κ1) is 19.1. The van der Waals surface area contributed by atoms with Gasteiger partial charge in [0.05, 0.1) is 0 Å². The van der Waals surface area contributed by atoms with E-state index in [0.717, 1.165) is 29.7 Å². The van der Waals surface area contributed by atoms with E-state index in [0.29, 0.717) is 31.1 Å². The monoisotopic (exact) mass is 380 g/mol. The Morgan fingerprint density at radius 1 is 1.14 bits per heavy atom. The van der Waals surface area contributed by atoms with Gasteiger partial charge in [0.25, 0.3) is 0 Å². The van der Waals surface area contributed by atoms with E-state index in [-0.39, 0.29) is 11.7 Å². The average molecular weight is 381 g/mol. The van der Waals surface area contributed by atoms with E-state index in [1.54, 1.807) is 11.8 Å². The molecule has 0 N–H and O–H groups in total. The van der Waals surface area contributed by atoms with Gasteiger partial charge >= 0.3 is 0 Å². The molecule has 28 heavy (non-hydrogen) atoms. The maximum atomic E-state index is 15.2. The van der Waals surface area contributed by atoms with Gasteiger partial charge in [0, 0.05) is 38.2 Å². The zero-order valence-corrected chi connectivity index (χ0v) is 16.9. The van der Waals surface area contributed by atoms with Crippen molar-refractivity contribution in [1.82, 2.24) is 9.80 Å². The molecule has 0 spiro atoms. The predicted molar refractivity (Wildman–Crippen MR) is 111 cm³/mol. The molecule has 0 aromatic heterocycles. The smallest absolute Gasteiger partial charge is 0.219 e. The fourth-order valence-electron chi connectivity index (χ4n) is 4.55. The maximum Gasteiger partial charge on any atom is 0.219 e. The zero-order chi connectivity index (χ0) is 19.7. The van der Waals surface area contributed by atoms with Gasteiger partial charge in [-0.15, -0.1) is 0 Å². The van der Waals surface area contributed by atoms with Crippen LogP contribution in [0.3, 0.4) is 0 Å². The second kappa shape index (κ2) is 8.04. The Morgan fingerprint density at radius 2 is 1.93 bits per heavy atom. The van der Waals surface area contributed by atoms with Gasteiger partial charge in [-0.1, -0.05) is 36.4 Å². The van der Waals surface area contributed by atoms with Crippen molar-refractivity contribution in [2.24, 2.45) is 0 Å². The molecule has 2 aliphatic rings. The van der Waals surface area contributed by atoms with Gasteiger partial charge in [-0.05, 0) is 61.4 Å². The Labute approximate surface area is 167 Å². The van der Waals surface area contributed by atoms with Gasteiger partial charge in [-0.25, -0.2) is 4.39 Å². The van der Waals surface area contributed by atoms with Gasteiger partial charge in [0.15, 0.2) is 0 Å². The lowest BCUT2D eigenvalue weighted by Crippen LogP contribution is -2.34. The minimum atomic E-state index is -0.126. The molecule has 1 atom stereocenters. The van der Waals surface area contributed by atoms with E-state index in [9.17, 15) is 4.79 Å². The van der Waals surface area contributed by atoms with E-state index in [1.807, 2.05) is 24.3 Å². The minimum absolute atomic E-state index is 0.0500. The average Bonchev–Trinajstić information content (AvgIpc) is 3.12. The Balaban J connectivity index is 1.48. The van der Waals surface area contributed by atoms with Gasteiger partial charge in [0.1, 0.15) is 5.82 Å². The van der Waals surface area contributed by atoms with Crippen LogP contribution in [0, 0.1) is 5.82 Å². The summed E-state index contributed by atoms with van der Waals surface area (Å²) in [6.07, 6.45) is 4.24. The number of hydrogen-bond donors (Lipinski definition) is 0. The zero-order valence-electron chi connectivity index (χ0n) is 16.9. The van der Waals surface area contributed by atoms with E-state index in [1.165, 1.54) is 24.9 Å². The highest BCUT2D eigenvalue weighted by Gasteiger charge is 2.23. The molecular formula is C24H29FN2O. The number of carbonyl (C=O) groups excluding carboxylic acids is 1. The fraction of sp³-hybridized carbons (Fsp3) is 0.458. The number of halogens is 1. The first-order valence-electron chi connectivity index (χ1n) is 10.4. The molecule has 1 amide bonds. The summed E-state index contributed by atoms with van der Waals surface area (Å²) >= 11 is 0. The van der Waals surface area contributed by atoms with Crippen LogP contribution in [-0.2, 0) is 24.2 Å². The van der Waals surface area contributed by atoms with Gasteiger partial charge in [-0.2, -0.15) is 0 Å². The second-order valence-corrected chi connectivity index (χ2v) is 8.23. The number of amides is 1. The van der Waals surface area contributed by atoms with Gasteiger partial charge in [0.2, 0.25) is 5.91 Å². The van der Waals surface area contributed by atoms with Crippen molar-refractivity contribution in [2.75, 3.05) is 19.6 Å². The highest BCUT2D eigenvalue weighted by Crippen LogP contribution is 2.30. The molecule has 0 bridgehead atoms. The molecule has 2 aromatic carbocycles. The number of benzene rings is 2. The lowest BCUT2D eigenvalue weighted by molar-refractivity contribution is -0.129. The summed E-state index contributed by atoms with van der Waals surface area (Å²) in [4.78, 5) is 15.9. The van der Waals surface area contributed by atoms with Crippen molar-refractivity contribution in [2.45, 2.75) is 52.1 Å². The molecule has 0 saturated carbocycles. The van der Waals surface area contributed by atoms with Crippen molar-refractivity contribution < 1.29 is 9.18 Å². The van der Waals surface area contributed by atoms with Crippen LogP contribution < -0.4 is 0 Å². The highest BCUT2D eigenvalue weighted by molar-refractivity contribution is 5.74. The standard InChI is InChI=1S/C24H29FN2O/c1-17-4-3-13-26(17)14-11-19-5-7-20(8-6-19)22-10-9-21-16-27(18(2)28)15-12-23(21)24(22)25/h5-10,17H,3-4,11-16H2,1-2H3/t17-/m1/s1. The van der Waals surface area contributed by atoms with E-state index >= 15 is 4.39 Å². The van der Waals surface area contributed by atoms with Gasteiger partial charge in [-0.3, -0.25) is 4.79 Å². The van der Waals surface area contributed by atoms with Crippen molar-refractivity contribution in [3.05, 3.63) is 58.9 Å². The predicted octanol–water partition coefficient (Wildman–Crippen LogP) is 4.42. The quantitative estimate of drug-likeness (QED) is 0.784. The molecule has 4 rings (SSSR count). The summed E-state index contributed by atoms with van der Waals surface area (Å²) in [5.41, 5.74) is 4.58. The molecule has 148 valence electrons. The van der Waals surface area contributed by atoms with Crippen LogP contribution in [0.4, 0.5) is 4.39 Å². The molecule has 1 fully saturated rings. The Hall–Kier alpha value is -2.20. The number of nitrogens with zero attached hydrogens (tertiary/aromatic N) is 2. The number of hydrogen-bond acceptors (Lipinski definition) is 2. The maximum absolute atomic E-state index is 15.2. The van der Waals surface area contributed by atoms with Crippen LogP contribution in [0.1, 0.15) is 43.4 Å². The highest BCUT2D eigenvalue weighted by atomic mass is 19.1. The molecule has 0 radical (unpaired) electrons. The second-order valence-electron chi connectivity index (χ2n) is 8.23. The van der Waals surface area contributed by atoms with Crippen LogP contribution in [0.2, 0.25) is 0 Å². The molecule has 2 aromatic rings. The molecule has 2 aliphatic heterocycles. The van der Waals surface area contributed by atoms with Crippen LogP contribution in [0.15, 0.2) is 36.4 Å². The van der Waals surface area contributed by atoms with Crippen molar-refractivity contribution >= 4 is 5.91 Å². The van der Waals surface area contributed by atoms with Crippen molar-refractivity contribution in [3.8, 4) is 11.1 Å². The van der Waals surface area contributed by atoms with Crippen LogP contribution in [0.5, 0.6) is 0 Å². The largest absolute Gasteiger partial charge is 0.338 e. The first-order chi connectivity index (χ1) is 13.5. The summed E-state index contributed by atoms with van der Waals surface area (Å²) in [6, 6.07) is 12.9. The van der Waals surface area contributed by atoms with E-state index in [2.05, 4.69) is 24.0 Å². The summed E-state index contributed by atoms with van der Waals surface area (Å²) in [7, 11) is 0. The third-order valence-electron chi connectivity index (χ3n) is 6.42. The van der Waals surface area contributed by atoms with Gasteiger partial charge < -0.3 is 9.80 Å². The summed E-state index contributed by atoms with van der Waals surface area (Å²) in [6.45, 7) is 7.29. The van der Waals surface area contributed by atoms with Crippen molar-refractivity contribution in [1.29, 1.82) is 0 Å². The summed E-state index contributed by atoms with van der Waals surface area (Å²) in [5.74, 6) is -0.0756. The number of fused-ring (bicyclic) bond motifs is 1. The Bertz CT molecular complexity index is 862. The SMILES string of the molecule is CC(=O)N1CCc2c(ccc(-c3ccc(CCN4CCC[C@H]4C)cc3)c2F)C1. The molecule has 2 heterocycles. The summed E-state index contributed by atoms with van der Waals surface area (Å²) < 4.78 is 15.2. The molecule has 0 unspecified atom stereocenters. The van der Waals surface area contributed by atoms with Crippen molar-refractivity contribution in [3.63, 3.8) is 0 Å². The number of carbonyl (C=O) groups is 1. The fourth-order valence-corrected chi connectivity index (χ4v) is 4.55. The molecule has 4 heteroatoms.